The van der Waals surface area contributed by atoms with Gasteiger partial charge < -0.3 is 14.2 Å². The van der Waals surface area contributed by atoms with E-state index in [1.54, 1.807) is 24.3 Å². The van der Waals surface area contributed by atoms with Crippen molar-refractivity contribution in [3.05, 3.63) is 52.0 Å². The third-order valence-corrected chi connectivity index (χ3v) is 4.93. The van der Waals surface area contributed by atoms with E-state index >= 15 is 0 Å². The molecule has 0 saturated heterocycles. The lowest BCUT2D eigenvalue weighted by Crippen LogP contribution is -2.35. The maximum Gasteiger partial charge on any atom is 0.306 e. The molecule has 0 spiro atoms. The molecule has 0 N–H and O–H groups in total. The summed E-state index contributed by atoms with van der Waals surface area (Å²) in [6, 6.07) is 10.6. The number of anilines is 1. The molecule has 154 valence electrons. The van der Waals surface area contributed by atoms with E-state index in [1.807, 2.05) is 22.9 Å². The fourth-order valence-electron chi connectivity index (χ4n) is 2.57. The number of benzene rings is 1. The fraction of sp³-hybridized carbons (Fsp3) is 0.250. The van der Waals surface area contributed by atoms with Crippen LogP contribution in [0.15, 0.2) is 45.6 Å². The average Bonchev–Trinajstić information content (AvgIpc) is 3.43. The Balaban J connectivity index is 1.51. The Morgan fingerprint density at radius 2 is 2.20 bits per heavy atom. The summed E-state index contributed by atoms with van der Waals surface area (Å²) in [6.07, 6.45) is 0.334. The molecule has 2 heterocycles. The molecular weight excluding hydrogens is 428 g/mol. The number of aromatic nitrogens is 2. The predicted molar refractivity (Wildman–Crippen MR) is 111 cm³/mol. The number of esters is 1. The summed E-state index contributed by atoms with van der Waals surface area (Å²) in [4.78, 5) is 30.2. The second-order valence-corrected chi connectivity index (χ2v) is 7.33. The van der Waals surface area contributed by atoms with Gasteiger partial charge >= 0.3 is 5.97 Å². The minimum absolute atomic E-state index is 0.00604. The molecule has 0 fully saturated rings. The Bertz CT molecular complexity index is 1050. The first-order chi connectivity index (χ1) is 14.6. The second kappa shape index (κ2) is 10.5. The number of amides is 1. The van der Waals surface area contributed by atoms with Gasteiger partial charge in [0.05, 0.1) is 18.9 Å². The summed E-state index contributed by atoms with van der Waals surface area (Å²) in [7, 11) is 0. The summed E-state index contributed by atoms with van der Waals surface area (Å²) in [5, 5.41) is 17.0. The molecule has 0 bridgehead atoms. The van der Waals surface area contributed by atoms with Crippen molar-refractivity contribution >= 4 is 40.5 Å². The molecule has 2 aromatic heterocycles. The van der Waals surface area contributed by atoms with Crippen molar-refractivity contribution in [1.29, 1.82) is 5.26 Å². The average molecular weight is 445 g/mol. The summed E-state index contributed by atoms with van der Waals surface area (Å²) in [5.41, 5.74) is 1.38. The lowest BCUT2D eigenvalue weighted by molar-refractivity contribution is -0.147. The highest BCUT2D eigenvalue weighted by molar-refractivity contribution is 7.08. The minimum atomic E-state index is -0.565. The van der Waals surface area contributed by atoms with E-state index in [2.05, 4.69) is 10.1 Å². The smallest absolute Gasteiger partial charge is 0.306 e. The van der Waals surface area contributed by atoms with Crippen LogP contribution >= 0.6 is 22.9 Å². The van der Waals surface area contributed by atoms with Crippen molar-refractivity contribution in [2.45, 2.75) is 19.3 Å². The van der Waals surface area contributed by atoms with E-state index in [0.29, 0.717) is 22.4 Å². The zero-order valence-electron chi connectivity index (χ0n) is 15.8. The highest BCUT2D eigenvalue weighted by atomic mass is 35.5. The quantitative estimate of drug-likeness (QED) is 0.460. The molecule has 0 aliphatic heterocycles. The molecule has 0 aliphatic rings. The van der Waals surface area contributed by atoms with Crippen molar-refractivity contribution < 1.29 is 18.8 Å². The third-order valence-electron chi connectivity index (χ3n) is 4.02. The summed E-state index contributed by atoms with van der Waals surface area (Å²) in [6.45, 7) is -0.276. The minimum Gasteiger partial charge on any atom is -0.456 e. The van der Waals surface area contributed by atoms with Gasteiger partial charge in [-0.25, -0.2) is 0 Å². The Hall–Kier alpha value is -3.22. The van der Waals surface area contributed by atoms with Crippen LogP contribution in [0.2, 0.25) is 5.02 Å². The van der Waals surface area contributed by atoms with E-state index in [-0.39, 0.29) is 25.8 Å². The SMILES string of the molecule is N#CCCN(C(=O)COC(=O)CCc1nc(-c2ccsc2)no1)c1cccc(Cl)c1. The lowest BCUT2D eigenvalue weighted by Gasteiger charge is -2.21. The highest BCUT2D eigenvalue weighted by Crippen LogP contribution is 2.21. The van der Waals surface area contributed by atoms with Gasteiger partial charge in [-0.05, 0) is 29.6 Å². The number of carbonyl (C=O) groups is 2. The van der Waals surface area contributed by atoms with Crippen LogP contribution in [0.25, 0.3) is 11.4 Å². The molecule has 0 aliphatic carbocycles. The number of aryl methyl sites for hydroxylation is 1. The molecule has 1 amide bonds. The van der Waals surface area contributed by atoms with Crippen LogP contribution in [-0.4, -0.2) is 35.2 Å². The molecule has 0 unspecified atom stereocenters. The zero-order chi connectivity index (χ0) is 21.3. The van der Waals surface area contributed by atoms with Crippen LogP contribution in [0.1, 0.15) is 18.7 Å². The molecule has 10 heteroatoms. The first-order valence-corrected chi connectivity index (χ1v) is 10.3. The topological polar surface area (TPSA) is 109 Å². The molecular formula is C20H17ClN4O4S. The Kier molecular flexibility index (Phi) is 7.54. The summed E-state index contributed by atoms with van der Waals surface area (Å²) >= 11 is 7.50. The number of ether oxygens (including phenoxy) is 1. The van der Waals surface area contributed by atoms with Crippen LogP contribution in [0.3, 0.4) is 0 Å². The first kappa shape index (κ1) is 21.5. The monoisotopic (exact) mass is 444 g/mol. The van der Waals surface area contributed by atoms with Gasteiger partial charge in [-0.3, -0.25) is 9.59 Å². The fourth-order valence-corrected chi connectivity index (χ4v) is 3.39. The number of carbonyl (C=O) groups excluding carboxylic acids is 2. The highest BCUT2D eigenvalue weighted by Gasteiger charge is 2.18. The largest absolute Gasteiger partial charge is 0.456 e. The number of nitriles is 1. The third kappa shape index (κ3) is 5.89. The summed E-state index contributed by atoms with van der Waals surface area (Å²) < 4.78 is 10.2. The molecule has 0 saturated carbocycles. The number of nitrogens with zero attached hydrogens (tertiary/aromatic N) is 4. The summed E-state index contributed by atoms with van der Waals surface area (Å²) in [5.74, 6) is -0.234. The molecule has 3 rings (SSSR count). The molecule has 8 nitrogen and oxygen atoms in total. The molecule has 3 aromatic rings. The van der Waals surface area contributed by atoms with Crippen LogP contribution in [-0.2, 0) is 20.7 Å². The van der Waals surface area contributed by atoms with Gasteiger partial charge in [0.15, 0.2) is 6.61 Å². The van der Waals surface area contributed by atoms with Crippen molar-refractivity contribution in [1.82, 2.24) is 10.1 Å². The number of thiophene rings is 1. The number of halogens is 1. The van der Waals surface area contributed by atoms with Gasteiger partial charge in [-0.2, -0.15) is 21.6 Å². The maximum absolute atomic E-state index is 12.5. The normalized spacial score (nSPS) is 10.4. The van der Waals surface area contributed by atoms with Crippen LogP contribution in [0, 0.1) is 11.3 Å². The van der Waals surface area contributed by atoms with E-state index in [4.69, 9.17) is 26.1 Å². The second-order valence-electron chi connectivity index (χ2n) is 6.12. The number of rotatable bonds is 9. The molecule has 30 heavy (non-hydrogen) atoms. The number of hydrogen-bond acceptors (Lipinski definition) is 8. The van der Waals surface area contributed by atoms with Crippen molar-refractivity contribution in [3.8, 4) is 17.5 Å². The van der Waals surface area contributed by atoms with Crippen LogP contribution in [0.4, 0.5) is 5.69 Å². The van der Waals surface area contributed by atoms with Gasteiger partial charge in [0.2, 0.25) is 11.7 Å². The number of hydrogen-bond donors (Lipinski definition) is 0. The van der Waals surface area contributed by atoms with Gasteiger partial charge in [-0.1, -0.05) is 22.8 Å². The van der Waals surface area contributed by atoms with Crippen molar-refractivity contribution in [3.63, 3.8) is 0 Å². The zero-order valence-corrected chi connectivity index (χ0v) is 17.4. The van der Waals surface area contributed by atoms with E-state index in [9.17, 15) is 9.59 Å². The van der Waals surface area contributed by atoms with E-state index in [1.165, 1.54) is 16.2 Å². The van der Waals surface area contributed by atoms with Crippen LogP contribution in [0.5, 0.6) is 0 Å². The molecule has 0 atom stereocenters. The van der Waals surface area contributed by atoms with Crippen molar-refractivity contribution in [2.75, 3.05) is 18.1 Å². The predicted octanol–water partition coefficient (Wildman–Crippen LogP) is 3.87. The van der Waals surface area contributed by atoms with Crippen molar-refractivity contribution in [2.24, 2.45) is 0 Å². The Morgan fingerprint density at radius 1 is 1.33 bits per heavy atom. The van der Waals surface area contributed by atoms with E-state index in [0.717, 1.165) is 5.56 Å². The van der Waals surface area contributed by atoms with Gasteiger partial charge in [-0.15, -0.1) is 0 Å². The van der Waals surface area contributed by atoms with Gasteiger partial charge in [0.1, 0.15) is 0 Å². The van der Waals surface area contributed by atoms with Gasteiger partial charge in [0.25, 0.3) is 5.91 Å². The molecule has 1 aromatic carbocycles. The maximum atomic E-state index is 12.5. The van der Waals surface area contributed by atoms with Crippen LogP contribution < -0.4 is 4.90 Å². The van der Waals surface area contributed by atoms with E-state index < -0.39 is 18.5 Å². The Labute approximate surface area is 181 Å². The Morgan fingerprint density at radius 3 is 2.93 bits per heavy atom. The van der Waals surface area contributed by atoms with Gasteiger partial charge in [0, 0.05) is 34.6 Å². The standard InChI is InChI=1S/C20H17ClN4O4S/c21-15-3-1-4-16(11-15)25(9-2-8-22)18(26)12-28-19(27)6-5-17-23-20(24-29-17)14-7-10-30-13-14/h1,3-4,7,10-11,13H,2,5-6,9,12H2. The first-order valence-electron chi connectivity index (χ1n) is 9.00. The molecule has 0 radical (unpaired) electrons. The lowest BCUT2D eigenvalue weighted by atomic mass is 10.2.